The molecule has 1 atom stereocenters. The molecule has 1 aromatic rings. The molecule has 2 saturated heterocycles. The quantitative estimate of drug-likeness (QED) is 0.813. The number of hydrogen-bond acceptors (Lipinski definition) is 3. The molecule has 0 aromatic carbocycles. The van der Waals surface area contributed by atoms with Crippen molar-refractivity contribution in [3.8, 4) is 0 Å². The van der Waals surface area contributed by atoms with Crippen LogP contribution in [0, 0.1) is 0 Å². The molecule has 0 amide bonds. The Morgan fingerprint density at radius 2 is 1.84 bits per heavy atom. The average molecular weight is 259 g/mol. The van der Waals surface area contributed by atoms with Gasteiger partial charge >= 0.3 is 0 Å². The van der Waals surface area contributed by atoms with Gasteiger partial charge in [-0.15, -0.1) is 0 Å². The zero-order valence-corrected chi connectivity index (χ0v) is 12.0. The topological polar surface area (TPSA) is 19.4 Å². The maximum atomic E-state index is 4.72. The number of pyridine rings is 1. The van der Waals surface area contributed by atoms with Crippen LogP contribution in [0.3, 0.4) is 0 Å². The van der Waals surface area contributed by atoms with Crippen molar-refractivity contribution < 1.29 is 0 Å². The van der Waals surface area contributed by atoms with E-state index in [1.54, 1.807) is 0 Å². The van der Waals surface area contributed by atoms with Crippen molar-refractivity contribution >= 4 is 5.82 Å². The highest BCUT2D eigenvalue weighted by Gasteiger charge is 2.27. The SMILES string of the molecule is CN1CCC[C@H]1c1cccnc1N1CCCCCC1. The van der Waals surface area contributed by atoms with Gasteiger partial charge in [0.25, 0.3) is 0 Å². The van der Waals surface area contributed by atoms with Crippen molar-refractivity contribution in [3.05, 3.63) is 23.9 Å². The monoisotopic (exact) mass is 259 g/mol. The van der Waals surface area contributed by atoms with E-state index in [2.05, 4.69) is 29.0 Å². The van der Waals surface area contributed by atoms with Crippen LogP contribution in [0.4, 0.5) is 5.82 Å². The van der Waals surface area contributed by atoms with Gasteiger partial charge in [-0.25, -0.2) is 4.98 Å². The van der Waals surface area contributed by atoms with E-state index in [-0.39, 0.29) is 0 Å². The number of aromatic nitrogens is 1. The smallest absolute Gasteiger partial charge is 0.133 e. The first kappa shape index (κ1) is 12.9. The highest BCUT2D eigenvalue weighted by atomic mass is 15.2. The second-order valence-corrected chi connectivity index (χ2v) is 5.96. The summed E-state index contributed by atoms with van der Waals surface area (Å²) in [5, 5.41) is 0. The van der Waals surface area contributed by atoms with E-state index >= 15 is 0 Å². The van der Waals surface area contributed by atoms with Crippen molar-refractivity contribution in [2.45, 2.75) is 44.6 Å². The fourth-order valence-electron chi connectivity index (χ4n) is 3.52. The normalized spacial score (nSPS) is 25.5. The predicted octanol–water partition coefficient (Wildman–Crippen LogP) is 3.23. The van der Waals surface area contributed by atoms with Crippen LogP contribution in [0.2, 0.25) is 0 Å². The van der Waals surface area contributed by atoms with Crippen molar-refractivity contribution in [1.29, 1.82) is 0 Å². The Hall–Kier alpha value is -1.09. The molecule has 1 aromatic heterocycles. The van der Waals surface area contributed by atoms with Crippen molar-refractivity contribution in [2.24, 2.45) is 0 Å². The number of anilines is 1. The van der Waals surface area contributed by atoms with Gasteiger partial charge in [0.05, 0.1) is 0 Å². The van der Waals surface area contributed by atoms with Crippen molar-refractivity contribution in [1.82, 2.24) is 9.88 Å². The second kappa shape index (κ2) is 5.91. The van der Waals surface area contributed by atoms with Crippen LogP contribution < -0.4 is 4.90 Å². The van der Waals surface area contributed by atoms with Gasteiger partial charge in [0.15, 0.2) is 0 Å². The Bertz CT molecular complexity index is 410. The summed E-state index contributed by atoms with van der Waals surface area (Å²) in [6.45, 7) is 3.58. The van der Waals surface area contributed by atoms with E-state index < -0.39 is 0 Å². The fraction of sp³-hybridized carbons (Fsp3) is 0.688. The van der Waals surface area contributed by atoms with Crippen LogP contribution in [-0.2, 0) is 0 Å². The van der Waals surface area contributed by atoms with E-state index in [9.17, 15) is 0 Å². The lowest BCUT2D eigenvalue weighted by atomic mass is 10.0. The summed E-state index contributed by atoms with van der Waals surface area (Å²) in [6, 6.07) is 4.97. The molecule has 0 saturated carbocycles. The van der Waals surface area contributed by atoms with Crippen molar-refractivity contribution in [2.75, 3.05) is 31.6 Å². The first-order valence-electron chi connectivity index (χ1n) is 7.76. The van der Waals surface area contributed by atoms with Gasteiger partial charge in [-0.05, 0) is 45.3 Å². The molecule has 3 rings (SSSR count). The number of nitrogens with zero attached hydrogens (tertiary/aromatic N) is 3. The predicted molar refractivity (Wildman–Crippen MR) is 79.5 cm³/mol. The molecule has 104 valence electrons. The molecule has 3 heteroatoms. The minimum atomic E-state index is 0.576. The van der Waals surface area contributed by atoms with E-state index in [4.69, 9.17) is 4.98 Å². The molecule has 3 nitrogen and oxygen atoms in total. The van der Waals surface area contributed by atoms with Crippen LogP contribution in [-0.4, -0.2) is 36.6 Å². The van der Waals surface area contributed by atoms with Crippen LogP contribution in [0.1, 0.15) is 50.1 Å². The zero-order valence-electron chi connectivity index (χ0n) is 12.0. The summed E-state index contributed by atoms with van der Waals surface area (Å²) in [5.74, 6) is 1.25. The van der Waals surface area contributed by atoms with Gasteiger partial charge < -0.3 is 4.90 Å². The Morgan fingerprint density at radius 1 is 1.05 bits per heavy atom. The van der Waals surface area contributed by atoms with Crippen LogP contribution in [0.15, 0.2) is 18.3 Å². The molecule has 3 heterocycles. The van der Waals surface area contributed by atoms with Gasteiger partial charge in [-0.1, -0.05) is 18.9 Å². The van der Waals surface area contributed by atoms with Gasteiger partial charge in [0, 0.05) is 30.9 Å². The molecule has 0 spiro atoms. The third-order valence-electron chi connectivity index (χ3n) is 4.60. The zero-order chi connectivity index (χ0) is 13.1. The highest BCUT2D eigenvalue weighted by molar-refractivity contribution is 5.48. The summed E-state index contributed by atoms with van der Waals surface area (Å²) in [5.41, 5.74) is 1.45. The van der Waals surface area contributed by atoms with Crippen LogP contribution in [0.5, 0.6) is 0 Å². The van der Waals surface area contributed by atoms with Gasteiger partial charge in [0.2, 0.25) is 0 Å². The molecule has 0 radical (unpaired) electrons. The van der Waals surface area contributed by atoms with E-state index in [1.807, 2.05) is 6.20 Å². The second-order valence-electron chi connectivity index (χ2n) is 5.96. The molecular formula is C16H25N3. The van der Waals surface area contributed by atoms with Gasteiger partial charge in [0.1, 0.15) is 5.82 Å². The minimum absolute atomic E-state index is 0.576. The van der Waals surface area contributed by atoms with E-state index in [1.165, 1.54) is 69.5 Å². The number of hydrogen-bond donors (Lipinski definition) is 0. The summed E-state index contributed by atoms with van der Waals surface area (Å²) in [7, 11) is 2.25. The summed E-state index contributed by atoms with van der Waals surface area (Å²) in [4.78, 5) is 9.73. The van der Waals surface area contributed by atoms with Gasteiger partial charge in [-0.3, -0.25) is 4.90 Å². The first-order chi connectivity index (χ1) is 9.36. The standard InChI is InChI=1S/C16H25N3/c1-18-11-7-9-15(18)14-8-6-10-17-16(14)19-12-4-2-3-5-13-19/h6,8,10,15H,2-5,7,9,11-13H2,1H3/t15-/m0/s1. The maximum absolute atomic E-state index is 4.72. The Labute approximate surface area is 116 Å². The molecule has 2 fully saturated rings. The van der Waals surface area contributed by atoms with Crippen LogP contribution in [0.25, 0.3) is 0 Å². The summed E-state index contributed by atoms with van der Waals surface area (Å²) in [6.07, 6.45) is 9.94. The summed E-state index contributed by atoms with van der Waals surface area (Å²) < 4.78 is 0. The molecule has 2 aliphatic heterocycles. The lowest BCUT2D eigenvalue weighted by Crippen LogP contribution is -2.28. The molecule has 19 heavy (non-hydrogen) atoms. The molecular weight excluding hydrogens is 234 g/mol. The van der Waals surface area contributed by atoms with E-state index in [0.717, 1.165) is 0 Å². The Morgan fingerprint density at radius 3 is 2.53 bits per heavy atom. The lowest BCUT2D eigenvalue weighted by molar-refractivity contribution is 0.317. The number of rotatable bonds is 2. The minimum Gasteiger partial charge on any atom is -0.356 e. The van der Waals surface area contributed by atoms with Crippen LogP contribution >= 0.6 is 0 Å². The van der Waals surface area contributed by atoms with Crippen molar-refractivity contribution in [3.63, 3.8) is 0 Å². The average Bonchev–Trinajstić information content (AvgIpc) is 2.71. The maximum Gasteiger partial charge on any atom is 0.133 e. The fourth-order valence-corrected chi connectivity index (χ4v) is 3.52. The van der Waals surface area contributed by atoms with E-state index in [0.29, 0.717) is 6.04 Å². The molecule has 0 aliphatic carbocycles. The Kier molecular flexibility index (Phi) is 4.02. The lowest BCUT2D eigenvalue weighted by Gasteiger charge is -2.28. The molecule has 0 unspecified atom stereocenters. The third-order valence-corrected chi connectivity index (χ3v) is 4.60. The molecule has 2 aliphatic rings. The molecule has 0 N–H and O–H groups in total. The molecule has 0 bridgehead atoms. The number of likely N-dealkylation sites (tertiary alicyclic amines) is 1. The largest absolute Gasteiger partial charge is 0.356 e. The van der Waals surface area contributed by atoms with Gasteiger partial charge in [-0.2, -0.15) is 0 Å². The Balaban J connectivity index is 1.87. The first-order valence-corrected chi connectivity index (χ1v) is 7.76. The third kappa shape index (κ3) is 2.76. The highest BCUT2D eigenvalue weighted by Crippen LogP contribution is 2.35. The summed E-state index contributed by atoms with van der Waals surface area (Å²) >= 11 is 0.